The summed E-state index contributed by atoms with van der Waals surface area (Å²) >= 11 is 0. The highest BCUT2D eigenvalue weighted by molar-refractivity contribution is 5.60. The second-order valence-corrected chi connectivity index (χ2v) is 7.90. The Morgan fingerprint density at radius 3 is 1.19 bits per heavy atom. The lowest BCUT2D eigenvalue weighted by atomic mass is 10.3. The summed E-state index contributed by atoms with van der Waals surface area (Å²) in [6.07, 6.45) is 4.22. The molecule has 0 aliphatic heterocycles. The number of hydrogen-bond acceptors (Lipinski definition) is 11. The molecule has 0 saturated heterocycles. The molecule has 11 heteroatoms. The van der Waals surface area contributed by atoms with Crippen LogP contribution in [0.1, 0.15) is 80.1 Å². The number of carbonyl (C=O) groups is 2. The molecule has 0 aliphatic rings. The number of ether oxygens (including phenoxy) is 7. The first-order valence-electron chi connectivity index (χ1n) is 13.0. The Hall–Kier alpha value is -1.66. The third kappa shape index (κ3) is 44.7. The van der Waals surface area contributed by atoms with Gasteiger partial charge in [0.15, 0.2) is 0 Å². The van der Waals surface area contributed by atoms with Gasteiger partial charge in [0.1, 0.15) is 12.2 Å². The van der Waals surface area contributed by atoms with Gasteiger partial charge in [-0.3, -0.25) is 0 Å². The van der Waals surface area contributed by atoms with Gasteiger partial charge in [0, 0.05) is 26.9 Å². The van der Waals surface area contributed by atoms with E-state index < -0.39 is 12.3 Å². The monoisotopic (exact) mass is 544 g/mol. The molecule has 0 aromatic rings. The van der Waals surface area contributed by atoms with Crippen LogP contribution in [0.15, 0.2) is 0 Å². The van der Waals surface area contributed by atoms with E-state index in [1.165, 1.54) is 14.2 Å². The van der Waals surface area contributed by atoms with Gasteiger partial charge in [0.2, 0.25) is 0 Å². The Bertz CT molecular complexity index is 420. The zero-order valence-electron chi connectivity index (χ0n) is 24.8. The Morgan fingerprint density at radius 1 is 0.622 bits per heavy atom. The van der Waals surface area contributed by atoms with E-state index in [-0.39, 0.29) is 18.3 Å². The van der Waals surface area contributed by atoms with Crippen LogP contribution < -0.4 is 0 Å². The van der Waals surface area contributed by atoms with Gasteiger partial charge in [0.05, 0.1) is 40.1 Å². The summed E-state index contributed by atoms with van der Waals surface area (Å²) in [6.45, 7) is 15.1. The fraction of sp³-hybridized carbons (Fsp3) is 0.923. The molecule has 11 nitrogen and oxygen atoms in total. The highest BCUT2D eigenvalue weighted by Crippen LogP contribution is 2.01. The highest BCUT2D eigenvalue weighted by atomic mass is 16.7. The van der Waals surface area contributed by atoms with Crippen molar-refractivity contribution in [3.63, 3.8) is 0 Å². The van der Waals surface area contributed by atoms with Gasteiger partial charge in [-0.15, -0.1) is 0 Å². The molecule has 37 heavy (non-hydrogen) atoms. The van der Waals surface area contributed by atoms with Gasteiger partial charge in [-0.1, -0.05) is 40.0 Å². The summed E-state index contributed by atoms with van der Waals surface area (Å²) in [6, 6.07) is 0. The minimum atomic E-state index is -0.664. The average Bonchev–Trinajstić information content (AvgIpc) is 2.88. The second-order valence-electron chi connectivity index (χ2n) is 7.90. The maximum absolute atomic E-state index is 11.5. The Labute approximate surface area is 225 Å². The lowest BCUT2D eigenvalue weighted by molar-refractivity contribution is -0.0393. The molecule has 0 aromatic heterocycles. The minimum absolute atomic E-state index is 0.299. The maximum atomic E-state index is 11.5. The van der Waals surface area contributed by atoms with Crippen molar-refractivity contribution in [2.45, 2.75) is 98.4 Å². The lowest BCUT2D eigenvalue weighted by Gasteiger charge is -2.16. The summed E-state index contributed by atoms with van der Waals surface area (Å²) < 4.78 is 34.1. The first-order chi connectivity index (χ1) is 17.7. The number of rotatable bonds is 17. The zero-order chi connectivity index (χ0) is 29.3. The third-order valence-corrected chi connectivity index (χ3v) is 3.92. The van der Waals surface area contributed by atoms with Crippen molar-refractivity contribution >= 4 is 12.3 Å². The Morgan fingerprint density at radius 2 is 0.946 bits per heavy atom. The predicted molar refractivity (Wildman–Crippen MR) is 143 cm³/mol. The first kappa shape index (κ1) is 42.4. The lowest BCUT2D eigenvalue weighted by Crippen LogP contribution is -2.26. The normalized spacial score (nSPS) is 12.1. The summed E-state index contributed by atoms with van der Waals surface area (Å²) in [7, 11) is 3.51. The Balaban J connectivity index is -0.000000263. The average molecular weight is 545 g/mol. The van der Waals surface area contributed by atoms with Crippen LogP contribution in [0.5, 0.6) is 0 Å². The summed E-state index contributed by atoms with van der Waals surface area (Å²) in [4.78, 5) is 21.2. The van der Waals surface area contributed by atoms with E-state index in [2.05, 4.69) is 30.2 Å². The summed E-state index contributed by atoms with van der Waals surface area (Å²) in [5, 5.41) is 15.7. The van der Waals surface area contributed by atoms with Gasteiger partial charge in [-0.25, -0.2) is 9.59 Å². The van der Waals surface area contributed by atoms with E-state index in [0.717, 1.165) is 52.2 Å². The molecule has 226 valence electrons. The van der Waals surface area contributed by atoms with Gasteiger partial charge < -0.3 is 43.4 Å². The van der Waals surface area contributed by atoms with Crippen LogP contribution in [0, 0.1) is 0 Å². The van der Waals surface area contributed by atoms with Crippen LogP contribution >= 0.6 is 0 Å². The molecule has 3 unspecified atom stereocenters. The molecule has 0 saturated carbocycles. The molecule has 0 aliphatic carbocycles. The number of unbranched alkanes of at least 4 members (excludes halogenated alkanes) is 3. The number of hydrogen-bond donors (Lipinski definition) is 2. The van der Waals surface area contributed by atoms with Crippen molar-refractivity contribution in [3.05, 3.63) is 0 Å². The van der Waals surface area contributed by atoms with E-state index >= 15 is 0 Å². The van der Waals surface area contributed by atoms with Crippen molar-refractivity contribution in [1.82, 2.24) is 0 Å². The second kappa shape index (κ2) is 36.5. The van der Waals surface area contributed by atoms with Crippen LogP contribution in [0.2, 0.25) is 0 Å². The SMILES string of the molecule is CCCCOCC(C)O.CCCCOCC(C)OC(=O)OC(C)COCCCC.CO.COC(=O)OC. The van der Waals surface area contributed by atoms with Crippen molar-refractivity contribution in [3.8, 4) is 0 Å². The van der Waals surface area contributed by atoms with Crippen molar-refractivity contribution in [2.75, 3.05) is 61.0 Å². The Kier molecular flexibility index (Phi) is 41.9. The molecule has 2 N–H and O–H groups in total. The van der Waals surface area contributed by atoms with Crippen LogP contribution in [0.4, 0.5) is 9.59 Å². The molecule has 3 atom stereocenters. The van der Waals surface area contributed by atoms with Crippen LogP contribution in [0.25, 0.3) is 0 Å². The van der Waals surface area contributed by atoms with Gasteiger partial charge in [-0.2, -0.15) is 0 Å². The largest absolute Gasteiger partial charge is 0.508 e. The molecule has 0 aromatic carbocycles. The van der Waals surface area contributed by atoms with Gasteiger partial charge >= 0.3 is 12.3 Å². The minimum Gasteiger partial charge on any atom is -0.438 e. The standard InChI is InChI=1S/C15H30O5.C7H16O2.C3H6O3.CH4O/c1-5-7-9-17-11-13(3)19-15(16)20-14(4)12-18-10-8-6-2;1-3-4-5-9-6-7(2)8;1-5-3(4)6-2;1-2/h13-14H,5-12H2,1-4H3;7-8H,3-6H2,1-2H3;1-2H3;2H,1H3. The van der Waals surface area contributed by atoms with Crippen LogP contribution in [-0.4, -0.2) is 102 Å². The van der Waals surface area contributed by atoms with E-state index in [1.807, 2.05) is 0 Å². The van der Waals surface area contributed by atoms with Gasteiger partial charge in [-0.05, 0) is 40.0 Å². The van der Waals surface area contributed by atoms with E-state index in [4.69, 9.17) is 33.9 Å². The van der Waals surface area contributed by atoms with Crippen molar-refractivity contribution in [1.29, 1.82) is 0 Å². The molecule has 0 radical (unpaired) electrons. The topological polar surface area (TPSA) is 139 Å². The van der Waals surface area contributed by atoms with E-state index in [1.54, 1.807) is 20.8 Å². The first-order valence-corrected chi connectivity index (χ1v) is 13.0. The van der Waals surface area contributed by atoms with Crippen molar-refractivity contribution < 1.29 is 53.0 Å². The molecular weight excluding hydrogens is 488 g/mol. The van der Waals surface area contributed by atoms with Crippen LogP contribution in [-0.2, 0) is 33.2 Å². The van der Waals surface area contributed by atoms with E-state index in [9.17, 15) is 9.59 Å². The predicted octanol–water partition coefficient (Wildman–Crippen LogP) is 4.74. The van der Waals surface area contributed by atoms with Gasteiger partial charge in [0.25, 0.3) is 0 Å². The quantitative estimate of drug-likeness (QED) is 0.194. The molecule has 0 fully saturated rings. The third-order valence-electron chi connectivity index (χ3n) is 3.92. The van der Waals surface area contributed by atoms with E-state index in [0.29, 0.717) is 33.0 Å². The molecule has 0 rings (SSSR count). The van der Waals surface area contributed by atoms with Crippen molar-refractivity contribution in [2.24, 2.45) is 0 Å². The number of carbonyl (C=O) groups excluding carboxylic acids is 2. The summed E-state index contributed by atoms with van der Waals surface area (Å²) in [5.74, 6) is 0. The molecule has 0 heterocycles. The number of aliphatic hydroxyl groups is 2. The smallest absolute Gasteiger partial charge is 0.438 e. The molecule has 0 bridgehead atoms. The van der Waals surface area contributed by atoms with Crippen LogP contribution in [0.3, 0.4) is 0 Å². The zero-order valence-corrected chi connectivity index (χ0v) is 24.8. The fourth-order valence-corrected chi connectivity index (χ4v) is 2.00. The number of methoxy groups -OCH3 is 2. The highest BCUT2D eigenvalue weighted by Gasteiger charge is 2.14. The summed E-state index contributed by atoms with van der Waals surface area (Å²) in [5.41, 5.74) is 0. The number of aliphatic hydroxyl groups excluding tert-OH is 2. The maximum Gasteiger partial charge on any atom is 0.508 e. The molecule has 0 amide bonds. The molecule has 0 spiro atoms. The fourth-order valence-electron chi connectivity index (χ4n) is 2.00. The molecular formula is C26H56O11.